The Morgan fingerprint density at radius 2 is 1.83 bits per heavy atom. The molecule has 0 aliphatic rings. The van der Waals surface area contributed by atoms with Gasteiger partial charge in [0.15, 0.2) is 0 Å². The molecule has 0 saturated carbocycles. The molecule has 0 spiro atoms. The molecule has 3 aromatic heterocycles. The van der Waals surface area contributed by atoms with Crippen LogP contribution in [-0.4, -0.2) is 24.7 Å². The summed E-state index contributed by atoms with van der Waals surface area (Å²) in [6, 6.07) is 15.1. The normalized spacial score (nSPS) is 11.2. The number of nitrogens with zero attached hydrogens (tertiary/aromatic N) is 3. The largest absolute Gasteiger partial charge is 0.345 e. The Morgan fingerprint density at radius 1 is 1.03 bits per heavy atom. The van der Waals surface area contributed by atoms with Gasteiger partial charge in [0.1, 0.15) is 5.82 Å². The number of fused-ring (bicyclic) bond motifs is 1. The van der Waals surface area contributed by atoms with Crippen molar-refractivity contribution in [1.29, 1.82) is 0 Å². The maximum Gasteiger partial charge on any atom is 0.280 e. The summed E-state index contributed by atoms with van der Waals surface area (Å²) in [7, 11) is 0. The predicted molar refractivity (Wildman–Crippen MR) is 114 cm³/mol. The first kappa shape index (κ1) is 17.5. The summed E-state index contributed by atoms with van der Waals surface area (Å²) >= 11 is 5.99. The maximum absolute atomic E-state index is 13.0. The number of hydrogen-bond acceptors (Lipinski definition) is 3. The first-order valence-corrected chi connectivity index (χ1v) is 9.46. The van der Waals surface area contributed by atoms with E-state index in [4.69, 9.17) is 11.6 Å². The molecule has 0 fully saturated rings. The number of halogens is 1. The van der Waals surface area contributed by atoms with Crippen LogP contribution in [0.3, 0.4) is 0 Å². The Bertz CT molecular complexity index is 1380. The summed E-state index contributed by atoms with van der Waals surface area (Å²) in [5.74, 6) is 0.789. The molecule has 5 rings (SSSR count). The zero-order chi connectivity index (χ0) is 20.0. The van der Waals surface area contributed by atoms with Crippen LogP contribution in [0.1, 0.15) is 5.69 Å². The quantitative estimate of drug-likeness (QED) is 0.458. The van der Waals surface area contributed by atoms with Crippen LogP contribution in [-0.2, 0) is 0 Å². The van der Waals surface area contributed by atoms with Crippen LogP contribution in [0.4, 0.5) is 0 Å². The van der Waals surface area contributed by atoms with Gasteiger partial charge in [0.25, 0.3) is 5.56 Å². The fraction of sp³-hybridized carbons (Fsp3) is 0.0455. The second-order valence-electron chi connectivity index (χ2n) is 6.75. The van der Waals surface area contributed by atoms with E-state index >= 15 is 0 Å². The smallest absolute Gasteiger partial charge is 0.280 e. The topological polar surface area (TPSA) is 79.4 Å². The molecule has 2 N–H and O–H groups in total. The van der Waals surface area contributed by atoms with Gasteiger partial charge >= 0.3 is 0 Å². The number of aryl methyl sites for hydroxylation is 1. The van der Waals surface area contributed by atoms with E-state index in [0.29, 0.717) is 16.1 Å². The summed E-state index contributed by atoms with van der Waals surface area (Å²) in [5, 5.41) is 4.41. The number of hydrogen-bond donors (Lipinski definition) is 2. The summed E-state index contributed by atoms with van der Waals surface area (Å²) < 4.78 is 1.52. The van der Waals surface area contributed by atoms with Crippen molar-refractivity contribution in [2.24, 2.45) is 0 Å². The van der Waals surface area contributed by atoms with E-state index in [1.807, 2.05) is 31.2 Å². The highest BCUT2D eigenvalue weighted by molar-refractivity contribution is 6.30. The van der Waals surface area contributed by atoms with Crippen molar-refractivity contribution in [3.63, 3.8) is 0 Å². The number of nitrogens with one attached hydrogen (secondary N) is 2. The lowest BCUT2D eigenvalue weighted by Crippen LogP contribution is -2.14. The molecule has 0 saturated heterocycles. The summed E-state index contributed by atoms with van der Waals surface area (Å²) in [5.41, 5.74) is 4.94. The second-order valence-corrected chi connectivity index (χ2v) is 7.19. The monoisotopic (exact) mass is 401 g/mol. The Balaban J connectivity index is 1.74. The predicted octanol–water partition coefficient (Wildman–Crippen LogP) is 4.73. The second kappa shape index (κ2) is 6.76. The molecule has 7 heteroatoms. The van der Waals surface area contributed by atoms with Crippen molar-refractivity contribution < 1.29 is 0 Å². The van der Waals surface area contributed by atoms with E-state index in [-0.39, 0.29) is 5.56 Å². The lowest BCUT2D eigenvalue weighted by atomic mass is 10.00. The van der Waals surface area contributed by atoms with Crippen LogP contribution in [0.15, 0.2) is 71.9 Å². The van der Waals surface area contributed by atoms with Gasteiger partial charge in [-0.05, 0) is 42.8 Å². The van der Waals surface area contributed by atoms with Gasteiger partial charge in [-0.2, -0.15) is 0 Å². The third-order valence-electron chi connectivity index (χ3n) is 4.93. The van der Waals surface area contributed by atoms with Crippen LogP contribution in [0, 0.1) is 6.92 Å². The van der Waals surface area contributed by atoms with E-state index in [1.165, 1.54) is 4.68 Å². The minimum Gasteiger partial charge on any atom is -0.345 e. The Hall–Kier alpha value is -3.64. The molecule has 0 amide bonds. The number of imidazole rings is 1. The third kappa shape index (κ3) is 2.94. The lowest BCUT2D eigenvalue weighted by Gasteiger charge is -2.08. The molecule has 0 aliphatic carbocycles. The third-order valence-corrected chi connectivity index (χ3v) is 5.19. The number of rotatable bonds is 3. The number of aromatic nitrogens is 5. The first-order valence-electron chi connectivity index (χ1n) is 9.08. The van der Waals surface area contributed by atoms with E-state index in [9.17, 15) is 4.79 Å². The number of pyridine rings is 1. The van der Waals surface area contributed by atoms with Crippen molar-refractivity contribution in [3.8, 4) is 28.2 Å². The van der Waals surface area contributed by atoms with Gasteiger partial charge in [0.2, 0.25) is 0 Å². The maximum atomic E-state index is 13.0. The molecule has 0 unspecified atom stereocenters. The molecule has 0 atom stereocenters. The number of aromatic amines is 2. The van der Waals surface area contributed by atoms with Crippen LogP contribution in [0.2, 0.25) is 5.02 Å². The molecule has 142 valence electrons. The van der Waals surface area contributed by atoms with Crippen LogP contribution in [0.25, 0.3) is 39.1 Å². The Kier molecular flexibility index (Phi) is 4.07. The molecule has 0 radical (unpaired) electrons. The minimum absolute atomic E-state index is 0.154. The van der Waals surface area contributed by atoms with Gasteiger partial charge in [-0.15, -0.1) is 0 Å². The number of H-pyrrole nitrogens is 2. The van der Waals surface area contributed by atoms with Crippen LogP contribution >= 0.6 is 11.6 Å². The van der Waals surface area contributed by atoms with Crippen molar-refractivity contribution in [1.82, 2.24) is 24.7 Å². The van der Waals surface area contributed by atoms with Crippen molar-refractivity contribution >= 4 is 22.5 Å². The summed E-state index contributed by atoms with van der Waals surface area (Å²) in [6.45, 7) is 1.94. The van der Waals surface area contributed by atoms with Gasteiger partial charge in [-0.1, -0.05) is 29.8 Å². The SMILES string of the molecule is Cc1ncc2c(=O)n(-c3ccc(Cl)cc3)[nH]c2c1-c1cccc(-c2ncc[nH]2)c1. The van der Waals surface area contributed by atoms with Gasteiger partial charge in [0, 0.05) is 40.4 Å². The molecule has 0 aliphatic heterocycles. The molecule has 2 aromatic carbocycles. The van der Waals surface area contributed by atoms with E-state index in [1.54, 1.807) is 42.9 Å². The van der Waals surface area contributed by atoms with Crippen molar-refractivity contribution in [2.45, 2.75) is 6.92 Å². The molecule has 29 heavy (non-hydrogen) atoms. The fourth-order valence-corrected chi connectivity index (χ4v) is 3.66. The average Bonchev–Trinajstić information content (AvgIpc) is 3.37. The highest BCUT2D eigenvalue weighted by Crippen LogP contribution is 2.31. The van der Waals surface area contributed by atoms with Gasteiger partial charge in [-0.3, -0.25) is 14.9 Å². The van der Waals surface area contributed by atoms with E-state index in [2.05, 4.69) is 20.1 Å². The van der Waals surface area contributed by atoms with Crippen molar-refractivity contribution in [3.05, 3.63) is 88.2 Å². The molecular weight excluding hydrogens is 386 g/mol. The molecule has 0 bridgehead atoms. The van der Waals surface area contributed by atoms with E-state index in [0.717, 1.165) is 33.7 Å². The lowest BCUT2D eigenvalue weighted by molar-refractivity contribution is 0.864. The average molecular weight is 402 g/mol. The van der Waals surface area contributed by atoms with Gasteiger partial charge in [-0.25, -0.2) is 9.67 Å². The minimum atomic E-state index is -0.154. The number of benzene rings is 2. The zero-order valence-electron chi connectivity index (χ0n) is 15.5. The highest BCUT2D eigenvalue weighted by atomic mass is 35.5. The molecule has 6 nitrogen and oxygen atoms in total. The molecule has 5 aromatic rings. The molecule has 3 heterocycles. The summed E-state index contributed by atoms with van der Waals surface area (Å²) in [6.07, 6.45) is 5.13. The van der Waals surface area contributed by atoms with E-state index < -0.39 is 0 Å². The first-order chi connectivity index (χ1) is 14.1. The Labute approximate surface area is 170 Å². The standard InChI is InChI=1S/C22H16ClN5O/c1-13-19(14-3-2-4-15(11-14)21-24-9-10-25-21)20-18(12-26-13)22(29)28(27-20)17-7-5-16(23)6-8-17/h2-12,27H,1H3,(H,24,25). The van der Waals surface area contributed by atoms with Crippen molar-refractivity contribution in [2.75, 3.05) is 0 Å². The fourth-order valence-electron chi connectivity index (χ4n) is 3.54. The van der Waals surface area contributed by atoms with Crippen LogP contribution in [0.5, 0.6) is 0 Å². The summed E-state index contributed by atoms with van der Waals surface area (Å²) in [4.78, 5) is 24.9. The highest BCUT2D eigenvalue weighted by Gasteiger charge is 2.16. The molecular formula is C22H16ClN5O. The zero-order valence-corrected chi connectivity index (χ0v) is 16.2. The van der Waals surface area contributed by atoms with Gasteiger partial charge < -0.3 is 4.98 Å². The van der Waals surface area contributed by atoms with Gasteiger partial charge in [0.05, 0.1) is 16.6 Å². The van der Waals surface area contributed by atoms with Crippen LogP contribution < -0.4 is 5.56 Å². The Morgan fingerprint density at radius 3 is 2.59 bits per heavy atom.